The first-order valence-corrected chi connectivity index (χ1v) is 8.29. The van der Waals surface area contributed by atoms with Crippen LogP contribution in [0.4, 0.5) is 0 Å². The van der Waals surface area contributed by atoms with Crippen LogP contribution in [-0.4, -0.2) is 12.6 Å². The summed E-state index contributed by atoms with van der Waals surface area (Å²) in [6, 6.07) is 17.7. The van der Waals surface area contributed by atoms with Gasteiger partial charge in [0.25, 0.3) is 0 Å². The van der Waals surface area contributed by atoms with Crippen molar-refractivity contribution in [3.63, 3.8) is 0 Å². The van der Waals surface area contributed by atoms with Crippen LogP contribution in [0.3, 0.4) is 0 Å². The van der Waals surface area contributed by atoms with Crippen molar-refractivity contribution < 1.29 is 35.4 Å². The van der Waals surface area contributed by atoms with E-state index in [4.69, 9.17) is 0 Å². The summed E-state index contributed by atoms with van der Waals surface area (Å²) in [5, 5.41) is 4.78. The van der Waals surface area contributed by atoms with Gasteiger partial charge in [0.2, 0.25) is 0 Å². The molecule has 0 aliphatic heterocycles. The molecule has 0 amide bonds. The van der Waals surface area contributed by atoms with Gasteiger partial charge >= 0.3 is 0 Å². The zero-order chi connectivity index (χ0) is 16.5. The highest BCUT2D eigenvalue weighted by Crippen LogP contribution is 2.05. The fraction of sp³-hybridized carbons (Fsp3) is 0.238. The second kappa shape index (κ2) is 12.7. The molecule has 2 aromatic rings. The largest absolute Gasteiger partial charge is 1.00 e. The van der Waals surface area contributed by atoms with E-state index in [2.05, 4.69) is 79.2 Å². The summed E-state index contributed by atoms with van der Waals surface area (Å²) in [6.07, 6.45) is 3.80. The molecule has 0 aromatic heterocycles. The van der Waals surface area contributed by atoms with Crippen molar-refractivity contribution in [2.24, 2.45) is 0 Å². The van der Waals surface area contributed by atoms with E-state index in [9.17, 15) is 0 Å². The molecule has 0 aliphatic carbocycles. The van der Waals surface area contributed by atoms with Gasteiger partial charge in [-0.2, -0.15) is 0 Å². The van der Waals surface area contributed by atoms with E-state index >= 15 is 0 Å². The third kappa shape index (κ3) is 8.37. The topological polar surface area (TPSA) is 33.2 Å². The number of halogens is 2. The maximum atomic E-state index is 3.83. The Morgan fingerprint density at radius 1 is 0.880 bits per heavy atom. The van der Waals surface area contributed by atoms with Gasteiger partial charge in [0.15, 0.2) is 0 Å². The second-order valence-corrected chi connectivity index (χ2v) is 6.04. The van der Waals surface area contributed by atoms with Gasteiger partial charge in [0, 0.05) is 11.1 Å². The fourth-order valence-corrected chi connectivity index (χ4v) is 2.64. The first kappa shape index (κ1) is 23.4. The summed E-state index contributed by atoms with van der Waals surface area (Å²) in [4.78, 5) is 0. The van der Waals surface area contributed by atoms with Gasteiger partial charge in [0.05, 0.1) is 0 Å². The minimum Gasteiger partial charge on any atom is -1.00 e. The van der Waals surface area contributed by atoms with Crippen LogP contribution >= 0.6 is 0 Å². The van der Waals surface area contributed by atoms with Crippen LogP contribution in [0.5, 0.6) is 0 Å². The Labute approximate surface area is 164 Å². The van der Waals surface area contributed by atoms with E-state index in [1.54, 1.807) is 0 Å². The van der Waals surface area contributed by atoms with E-state index in [1.807, 2.05) is 12.2 Å². The molecule has 0 saturated heterocycles. The molecule has 136 valence electrons. The number of nitrogens with two attached hydrogens (primary N) is 2. The average Bonchev–Trinajstić information content (AvgIpc) is 2.60. The molecule has 0 fully saturated rings. The number of rotatable bonds is 9. The van der Waals surface area contributed by atoms with Crippen LogP contribution in [0.25, 0.3) is 12.2 Å². The highest BCUT2D eigenvalue weighted by atomic mass is 35.5. The van der Waals surface area contributed by atoms with Gasteiger partial charge in [-0.3, -0.25) is 0 Å². The molecule has 0 aliphatic rings. The lowest BCUT2D eigenvalue weighted by Gasteiger charge is -2.10. The highest BCUT2D eigenvalue weighted by Gasteiger charge is 2.08. The van der Waals surface area contributed by atoms with Crippen LogP contribution < -0.4 is 35.4 Å². The third-order valence-corrected chi connectivity index (χ3v) is 4.05. The first-order valence-electron chi connectivity index (χ1n) is 8.29. The van der Waals surface area contributed by atoms with E-state index in [0.717, 1.165) is 19.6 Å². The monoisotopic (exact) mass is 378 g/mol. The summed E-state index contributed by atoms with van der Waals surface area (Å²) < 4.78 is 0. The van der Waals surface area contributed by atoms with Crippen LogP contribution in [-0.2, 0) is 13.1 Å². The Kier molecular flexibility index (Phi) is 11.9. The van der Waals surface area contributed by atoms with Crippen LogP contribution in [0.2, 0.25) is 0 Å². The lowest BCUT2D eigenvalue weighted by Crippen LogP contribution is -3.00. The SMILES string of the molecule is C=Cc1cccc(C[NH2+]CC(C)[NH2+]Cc2cccc(C=C)c2)c1.[Cl-].[Cl-]. The quantitative estimate of drug-likeness (QED) is 0.448. The van der Waals surface area contributed by atoms with Crippen molar-refractivity contribution in [2.75, 3.05) is 6.54 Å². The predicted molar refractivity (Wildman–Crippen MR) is 98.7 cm³/mol. The molecule has 0 heterocycles. The van der Waals surface area contributed by atoms with E-state index < -0.39 is 0 Å². The Balaban J connectivity index is 0.00000288. The first-order chi connectivity index (χ1) is 11.2. The summed E-state index contributed by atoms with van der Waals surface area (Å²) in [6.45, 7) is 13.1. The normalized spacial score (nSPS) is 10.9. The lowest BCUT2D eigenvalue weighted by molar-refractivity contribution is -0.761. The Bertz CT molecular complexity index is 656. The van der Waals surface area contributed by atoms with E-state index in [0.29, 0.717) is 6.04 Å². The van der Waals surface area contributed by atoms with Gasteiger partial charge in [-0.25, -0.2) is 0 Å². The Morgan fingerprint density at radius 2 is 1.40 bits per heavy atom. The minimum atomic E-state index is 0. The van der Waals surface area contributed by atoms with Crippen molar-refractivity contribution in [3.05, 3.63) is 83.9 Å². The van der Waals surface area contributed by atoms with E-state index in [-0.39, 0.29) is 24.8 Å². The molecule has 2 nitrogen and oxygen atoms in total. The molecular weight excluding hydrogens is 351 g/mol. The average molecular weight is 379 g/mol. The molecule has 0 radical (unpaired) electrons. The summed E-state index contributed by atoms with van der Waals surface area (Å²) in [5.74, 6) is 0. The third-order valence-electron chi connectivity index (χ3n) is 4.05. The Morgan fingerprint density at radius 3 is 1.92 bits per heavy atom. The lowest BCUT2D eigenvalue weighted by atomic mass is 10.1. The summed E-state index contributed by atoms with van der Waals surface area (Å²) in [7, 11) is 0. The summed E-state index contributed by atoms with van der Waals surface area (Å²) in [5.41, 5.74) is 5.09. The standard InChI is InChI=1S/C21H26N2.2ClH/c1-4-18-8-6-10-20(12-18)15-22-14-17(3)23-16-21-11-7-9-19(5-2)13-21;;/h4-13,17,22-23H,1-2,14-16H2,3H3;2*1H. The number of benzene rings is 2. The molecule has 1 unspecified atom stereocenters. The van der Waals surface area contributed by atoms with Crippen molar-refractivity contribution >= 4 is 12.2 Å². The number of quaternary nitrogens is 2. The van der Waals surface area contributed by atoms with Crippen molar-refractivity contribution in [2.45, 2.75) is 26.1 Å². The van der Waals surface area contributed by atoms with Crippen molar-refractivity contribution in [3.8, 4) is 0 Å². The molecular formula is C21H28Cl2N2. The molecule has 4 heteroatoms. The predicted octanol–water partition coefficient (Wildman–Crippen LogP) is -3.80. The van der Waals surface area contributed by atoms with Gasteiger partial charge in [-0.15, -0.1) is 0 Å². The fourth-order valence-electron chi connectivity index (χ4n) is 2.64. The maximum Gasteiger partial charge on any atom is 0.133 e. The minimum absolute atomic E-state index is 0. The van der Waals surface area contributed by atoms with Gasteiger partial charge in [-0.05, 0) is 30.2 Å². The summed E-state index contributed by atoms with van der Waals surface area (Å²) >= 11 is 0. The molecule has 25 heavy (non-hydrogen) atoms. The second-order valence-electron chi connectivity index (χ2n) is 6.04. The van der Waals surface area contributed by atoms with Crippen molar-refractivity contribution in [1.82, 2.24) is 0 Å². The molecule has 0 saturated carbocycles. The van der Waals surface area contributed by atoms with Crippen LogP contribution in [0.1, 0.15) is 29.2 Å². The highest BCUT2D eigenvalue weighted by molar-refractivity contribution is 5.48. The van der Waals surface area contributed by atoms with Crippen LogP contribution in [0, 0.1) is 0 Å². The smallest absolute Gasteiger partial charge is 0.133 e. The molecule has 0 bridgehead atoms. The van der Waals surface area contributed by atoms with Crippen molar-refractivity contribution in [1.29, 1.82) is 0 Å². The molecule has 1 atom stereocenters. The van der Waals surface area contributed by atoms with Gasteiger partial charge < -0.3 is 35.4 Å². The maximum absolute atomic E-state index is 3.83. The zero-order valence-corrected chi connectivity index (χ0v) is 16.3. The van der Waals surface area contributed by atoms with E-state index in [1.165, 1.54) is 22.3 Å². The number of hydrogen-bond donors (Lipinski definition) is 2. The molecule has 0 spiro atoms. The molecule has 2 aromatic carbocycles. The Hall–Kier alpha value is -1.58. The van der Waals surface area contributed by atoms with Gasteiger partial charge in [0.1, 0.15) is 25.7 Å². The molecule has 4 N–H and O–H groups in total. The molecule has 2 rings (SSSR count). The zero-order valence-electron chi connectivity index (χ0n) is 14.8. The number of hydrogen-bond acceptors (Lipinski definition) is 0. The van der Waals surface area contributed by atoms with Crippen LogP contribution in [0.15, 0.2) is 61.7 Å². The van der Waals surface area contributed by atoms with Gasteiger partial charge in [-0.1, -0.05) is 61.7 Å².